The van der Waals surface area contributed by atoms with Crippen molar-refractivity contribution in [3.05, 3.63) is 29.8 Å². The molecule has 2 unspecified atom stereocenters. The van der Waals surface area contributed by atoms with Gasteiger partial charge < -0.3 is 5.32 Å². The summed E-state index contributed by atoms with van der Waals surface area (Å²) in [6.45, 7) is 2.45. The van der Waals surface area contributed by atoms with Gasteiger partial charge in [-0.1, -0.05) is 13.0 Å². The lowest BCUT2D eigenvalue weighted by molar-refractivity contribution is 0.0953. The lowest BCUT2D eigenvalue weighted by Crippen LogP contribution is -2.27. The smallest absolute Gasteiger partial charge is 0.251 e. The first-order chi connectivity index (χ1) is 8.00. The van der Waals surface area contributed by atoms with Crippen LogP contribution in [0.2, 0.25) is 0 Å². The number of nitrogens with one attached hydrogen (secondary N) is 1. The van der Waals surface area contributed by atoms with Gasteiger partial charge in [0.1, 0.15) is 0 Å². The van der Waals surface area contributed by atoms with E-state index >= 15 is 0 Å². The highest BCUT2D eigenvalue weighted by molar-refractivity contribution is 7.84. The quantitative estimate of drug-likeness (QED) is 0.803. The van der Waals surface area contributed by atoms with Crippen molar-refractivity contribution in [1.29, 1.82) is 0 Å². The molecule has 1 aromatic carbocycles. The van der Waals surface area contributed by atoms with Crippen molar-refractivity contribution in [2.24, 2.45) is 0 Å². The van der Waals surface area contributed by atoms with Crippen molar-refractivity contribution in [3.8, 4) is 0 Å². The molecule has 1 N–H and O–H groups in total. The van der Waals surface area contributed by atoms with Crippen molar-refractivity contribution >= 4 is 29.3 Å². The molecule has 0 aliphatic carbocycles. The normalized spacial score (nSPS) is 14.1. The molecule has 94 valence electrons. The predicted octanol–water partition coefficient (Wildman–Crippen LogP) is 1.86. The van der Waals surface area contributed by atoms with Crippen LogP contribution < -0.4 is 5.32 Å². The molecule has 1 amide bonds. The monoisotopic (exact) mass is 271 g/mol. The lowest BCUT2D eigenvalue weighted by Gasteiger charge is -2.09. The molecule has 0 aromatic heterocycles. The summed E-state index contributed by atoms with van der Waals surface area (Å²) in [6.07, 6.45) is 2.40. The van der Waals surface area contributed by atoms with Gasteiger partial charge in [-0.2, -0.15) is 0 Å². The van der Waals surface area contributed by atoms with Crippen LogP contribution in [0.3, 0.4) is 0 Å². The summed E-state index contributed by atoms with van der Waals surface area (Å²) in [5, 5.41) is 2.91. The number of benzene rings is 1. The first-order valence-electron chi connectivity index (χ1n) is 5.40. The van der Waals surface area contributed by atoms with Gasteiger partial charge in [-0.3, -0.25) is 9.00 Å². The number of hydrogen-bond donors (Lipinski definition) is 2. The zero-order valence-corrected chi connectivity index (χ0v) is 11.7. The van der Waals surface area contributed by atoms with Crippen LogP contribution >= 0.6 is 12.6 Å². The van der Waals surface area contributed by atoms with Gasteiger partial charge in [0.25, 0.3) is 5.91 Å². The molecule has 0 radical (unpaired) electrons. The summed E-state index contributed by atoms with van der Waals surface area (Å²) in [7, 11) is -0.837. The molecule has 1 rings (SSSR count). The maximum Gasteiger partial charge on any atom is 0.251 e. The van der Waals surface area contributed by atoms with E-state index in [4.69, 9.17) is 0 Å². The minimum absolute atomic E-state index is 0.103. The third-order valence-corrected chi connectivity index (χ3v) is 4.16. The van der Waals surface area contributed by atoms with Gasteiger partial charge in [-0.05, 0) is 24.6 Å². The number of hydrogen-bond acceptors (Lipinski definition) is 3. The number of carbonyl (C=O) groups excluding carboxylic acids is 1. The van der Waals surface area contributed by atoms with Crippen LogP contribution in [0.25, 0.3) is 0 Å². The van der Waals surface area contributed by atoms with Gasteiger partial charge in [-0.25, -0.2) is 0 Å². The van der Waals surface area contributed by atoms with E-state index in [2.05, 4.69) is 17.9 Å². The molecule has 0 aliphatic rings. The molecular weight excluding hydrogens is 254 g/mol. The molecule has 0 spiro atoms. The Bertz CT molecular complexity index is 421. The van der Waals surface area contributed by atoms with Crippen LogP contribution in [0.1, 0.15) is 23.7 Å². The second-order valence-corrected chi connectivity index (χ2v) is 6.22. The van der Waals surface area contributed by atoms with Crippen molar-refractivity contribution in [3.63, 3.8) is 0 Å². The van der Waals surface area contributed by atoms with E-state index in [1.54, 1.807) is 24.5 Å². The second-order valence-electron chi connectivity index (χ2n) is 3.90. The molecule has 0 bridgehead atoms. The van der Waals surface area contributed by atoms with Gasteiger partial charge in [0.05, 0.1) is 0 Å². The summed E-state index contributed by atoms with van der Waals surface area (Å²) in [4.78, 5) is 12.5. The molecule has 0 aliphatic heterocycles. The minimum Gasteiger partial charge on any atom is -0.352 e. The van der Waals surface area contributed by atoms with E-state index in [1.807, 2.05) is 13.0 Å². The Kier molecular flexibility index (Phi) is 5.71. The van der Waals surface area contributed by atoms with Gasteiger partial charge in [0.2, 0.25) is 0 Å². The fourth-order valence-electron chi connectivity index (χ4n) is 1.30. The Morgan fingerprint density at radius 1 is 1.53 bits per heavy atom. The van der Waals surface area contributed by atoms with E-state index in [0.717, 1.165) is 11.3 Å². The Balaban J connectivity index is 2.43. The lowest BCUT2D eigenvalue weighted by atomic mass is 10.2. The number of thiol groups is 1. The van der Waals surface area contributed by atoms with E-state index in [-0.39, 0.29) is 11.2 Å². The molecule has 0 saturated heterocycles. The molecule has 0 fully saturated rings. The molecular formula is C12H17NO2S2. The van der Waals surface area contributed by atoms with Crippen molar-refractivity contribution in [1.82, 2.24) is 5.32 Å². The number of rotatable bonds is 5. The zero-order chi connectivity index (χ0) is 12.8. The average molecular weight is 271 g/mol. The topological polar surface area (TPSA) is 46.2 Å². The fraction of sp³-hybridized carbons (Fsp3) is 0.417. The van der Waals surface area contributed by atoms with Crippen LogP contribution in [-0.2, 0) is 10.8 Å². The Morgan fingerprint density at radius 3 is 2.82 bits per heavy atom. The fourth-order valence-corrected chi connectivity index (χ4v) is 1.98. The van der Waals surface area contributed by atoms with Crippen molar-refractivity contribution in [2.75, 3.05) is 12.8 Å². The second kappa shape index (κ2) is 6.81. The third-order valence-electron chi connectivity index (χ3n) is 2.51. The summed E-state index contributed by atoms with van der Waals surface area (Å²) in [5.74, 6) is -0.116. The largest absolute Gasteiger partial charge is 0.352 e. The summed E-state index contributed by atoms with van der Waals surface area (Å²) in [5.41, 5.74) is 0.600. The highest BCUT2D eigenvalue weighted by Gasteiger charge is 2.08. The first-order valence-corrected chi connectivity index (χ1v) is 7.47. The highest BCUT2D eigenvalue weighted by Crippen LogP contribution is 2.08. The van der Waals surface area contributed by atoms with E-state index in [9.17, 15) is 9.00 Å². The van der Waals surface area contributed by atoms with Crippen LogP contribution in [0.15, 0.2) is 29.2 Å². The summed E-state index contributed by atoms with van der Waals surface area (Å²) in [6, 6.07) is 7.08. The molecule has 17 heavy (non-hydrogen) atoms. The highest BCUT2D eigenvalue weighted by atomic mass is 32.2. The maximum absolute atomic E-state index is 11.7. The molecule has 2 atom stereocenters. The number of amides is 1. The van der Waals surface area contributed by atoms with Crippen LogP contribution in [-0.4, -0.2) is 28.2 Å². The molecule has 0 heterocycles. The van der Waals surface area contributed by atoms with Crippen molar-refractivity contribution in [2.45, 2.75) is 23.5 Å². The third kappa shape index (κ3) is 4.91. The van der Waals surface area contributed by atoms with Gasteiger partial charge in [0.15, 0.2) is 0 Å². The Morgan fingerprint density at radius 2 is 2.24 bits per heavy atom. The summed E-state index contributed by atoms with van der Waals surface area (Å²) >= 11 is 4.18. The Hall–Kier alpha value is -0.810. The van der Waals surface area contributed by atoms with E-state index in [0.29, 0.717) is 12.1 Å². The van der Waals surface area contributed by atoms with E-state index in [1.165, 1.54) is 0 Å². The van der Waals surface area contributed by atoms with Crippen LogP contribution in [0.4, 0.5) is 0 Å². The first kappa shape index (κ1) is 14.3. The standard InChI is InChI=1S/C12H17NO2S2/c1-9(17(2)15)6-7-13-12(14)10-4-3-5-11(16)8-10/h3-5,8-9,16H,6-7H2,1-2H3,(H,13,14). The summed E-state index contributed by atoms with van der Waals surface area (Å²) < 4.78 is 11.1. The molecule has 0 saturated carbocycles. The molecule has 3 nitrogen and oxygen atoms in total. The maximum atomic E-state index is 11.7. The molecule has 1 aromatic rings. The SMILES string of the molecule is CC(CCNC(=O)c1cccc(S)c1)S(C)=O. The van der Waals surface area contributed by atoms with Gasteiger partial charge in [-0.15, -0.1) is 12.6 Å². The van der Waals surface area contributed by atoms with Gasteiger partial charge >= 0.3 is 0 Å². The average Bonchev–Trinajstić information content (AvgIpc) is 2.28. The van der Waals surface area contributed by atoms with Crippen LogP contribution in [0.5, 0.6) is 0 Å². The number of carbonyl (C=O) groups is 1. The van der Waals surface area contributed by atoms with Gasteiger partial charge in [0, 0.05) is 39.3 Å². The zero-order valence-electron chi connectivity index (χ0n) is 9.97. The van der Waals surface area contributed by atoms with Crippen LogP contribution in [0, 0.1) is 0 Å². The van der Waals surface area contributed by atoms with Crippen molar-refractivity contribution < 1.29 is 9.00 Å². The van der Waals surface area contributed by atoms with E-state index < -0.39 is 10.8 Å². The molecule has 5 heteroatoms. The Labute approximate surface area is 110 Å². The predicted molar refractivity (Wildman–Crippen MR) is 74.2 cm³/mol. The minimum atomic E-state index is -0.837.